The van der Waals surface area contributed by atoms with Crippen LogP contribution in [0.15, 0.2) is 70.3 Å². The molecule has 0 bridgehead atoms. The zero-order chi connectivity index (χ0) is 25.1. The van der Waals surface area contributed by atoms with Gasteiger partial charge in [0.25, 0.3) is 5.56 Å². The Morgan fingerprint density at radius 3 is 2.53 bits per heavy atom. The van der Waals surface area contributed by atoms with Crippen LogP contribution in [0, 0.1) is 19.8 Å². The predicted octanol–water partition coefficient (Wildman–Crippen LogP) is 4.50. The summed E-state index contributed by atoms with van der Waals surface area (Å²) in [6.45, 7) is 8.06. The third-order valence-electron chi connectivity index (χ3n) is 7.45. The van der Waals surface area contributed by atoms with E-state index in [-0.39, 0.29) is 17.8 Å². The van der Waals surface area contributed by atoms with E-state index in [0.29, 0.717) is 29.6 Å². The summed E-state index contributed by atoms with van der Waals surface area (Å²) in [4.78, 5) is 34.3. The van der Waals surface area contributed by atoms with Crippen molar-refractivity contribution in [1.82, 2.24) is 18.7 Å². The molecule has 0 N–H and O–H groups in total. The normalized spacial score (nSPS) is 15.6. The summed E-state index contributed by atoms with van der Waals surface area (Å²) < 4.78 is 4.86. The number of fused-ring (bicyclic) bond motifs is 4. The molecule has 1 atom stereocenters. The van der Waals surface area contributed by atoms with Crippen molar-refractivity contribution in [3.8, 4) is 0 Å². The van der Waals surface area contributed by atoms with E-state index in [1.54, 1.807) is 7.05 Å². The zero-order valence-electron chi connectivity index (χ0n) is 21.0. The zero-order valence-corrected chi connectivity index (χ0v) is 21.0. The van der Waals surface area contributed by atoms with Crippen molar-refractivity contribution in [1.29, 1.82) is 0 Å². The van der Waals surface area contributed by atoms with Gasteiger partial charge in [-0.25, -0.2) is 4.79 Å². The van der Waals surface area contributed by atoms with Crippen molar-refractivity contribution < 1.29 is 0 Å². The van der Waals surface area contributed by atoms with Crippen LogP contribution in [0.3, 0.4) is 0 Å². The maximum atomic E-state index is 13.9. The van der Waals surface area contributed by atoms with Crippen LogP contribution in [0.25, 0.3) is 21.9 Å². The van der Waals surface area contributed by atoms with E-state index in [0.717, 1.165) is 28.6 Å². The molecule has 1 aliphatic rings. The highest BCUT2D eigenvalue weighted by molar-refractivity contribution is 5.85. The van der Waals surface area contributed by atoms with Crippen LogP contribution in [-0.2, 0) is 20.1 Å². The van der Waals surface area contributed by atoms with E-state index in [1.165, 1.54) is 20.3 Å². The number of hydrogen-bond donors (Lipinski definition) is 0. The summed E-state index contributed by atoms with van der Waals surface area (Å²) in [6, 6.07) is 20.4. The van der Waals surface area contributed by atoms with E-state index in [4.69, 9.17) is 4.98 Å². The summed E-state index contributed by atoms with van der Waals surface area (Å²) in [5.74, 6) is 1.01. The van der Waals surface area contributed by atoms with Gasteiger partial charge in [-0.2, -0.15) is 4.98 Å². The van der Waals surface area contributed by atoms with E-state index >= 15 is 0 Å². The van der Waals surface area contributed by atoms with E-state index < -0.39 is 0 Å². The fourth-order valence-electron chi connectivity index (χ4n) is 5.36. The van der Waals surface area contributed by atoms with Crippen LogP contribution in [0.2, 0.25) is 0 Å². The minimum Gasteiger partial charge on any atom is -0.312 e. The summed E-state index contributed by atoms with van der Waals surface area (Å²) in [6.07, 6.45) is 0. The molecule has 0 spiro atoms. The lowest BCUT2D eigenvalue weighted by Gasteiger charge is -2.33. The Kier molecular flexibility index (Phi) is 5.10. The molecular weight excluding hydrogens is 450 g/mol. The first-order valence-electron chi connectivity index (χ1n) is 12.3. The monoisotopic (exact) mass is 479 g/mol. The Balaban J connectivity index is 1.55. The number of imidazole rings is 1. The number of nitrogens with zero attached hydrogens (tertiary/aromatic N) is 5. The van der Waals surface area contributed by atoms with E-state index in [1.807, 2.05) is 47.0 Å². The van der Waals surface area contributed by atoms with Gasteiger partial charge in [0.15, 0.2) is 11.2 Å². The molecular formula is C29H29N5O2. The highest BCUT2D eigenvalue weighted by Gasteiger charge is 2.30. The average Bonchev–Trinajstić information content (AvgIpc) is 3.26. The van der Waals surface area contributed by atoms with Crippen LogP contribution in [-0.4, -0.2) is 25.2 Å². The Bertz CT molecular complexity index is 1770. The highest BCUT2D eigenvalue weighted by Crippen LogP contribution is 2.33. The van der Waals surface area contributed by atoms with Gasteiger partial charge in [-0.3, -0.25) is 13.9 Å². The molecule has 3 heterocycles. The molecule has 6 rings (SSSR count). The molecule has 0 amide bonds. The van der Waals surface area contributed by atoms with Crippen LogP contribution in [0.5, 0.6) is 0 Å². The van der Waals surface area contributed by atoms with Gasteiger partial charge < -0.3 is 9.47 Å². The summed E-state index contributed by atoms with van der Waals surface area (Å²) in [5, 5.41) is 2.12. The van der Waals surface area contributed by atoms with Crippen molar-refractivity contribution in [2.45, 2.75) is 33.9 Å². The van der Waals surface area contributed by atoms with Gasteiger partial charge in [-0.05, 0) is 59.4 Å². The average molecular weight is 480 g/mol. The number of benzene rings is 3. The van der Waals surface area contributed by atoms with Gasteiger partial charge in [0, 0.05) is 25.8 Å². The molecule has 2 aromatic heterocycles. The topological polar surface area (TPSA) is 65.1 Å². The Hall–Kier alpha value is -4.13. The van der Waals surface area contributed by atoms with Crippen molar-refractivity contribution in [3.05, 3.63) is 98.2 Å². The Labute approximate surface area is 208 Å². The minimum atomic E-state index is -0.360. The lowest BCUT2D eigenvalue weighted by molar-refractivity contribution is 0.458. The SMILES string of the molecule is Cc1ccc(N2CC(C)Cn3c2nc2c3c(=O)n(Cc3cccc4ccccc34)c(=O)n2C)cc1C. The number of anilines is 2. The first-order chi connectivity index (χ1) is 17.3. The molecule has 3 aromatic carbocycles. The van der Waals surface area contributed by atoms with Crippen LogP contribution in [0.1, 0.15) is 23.6 Å². The van der Waals surface area contributed by atoms with Crippen LogP contribution >= 0.6 is 0 Å². The predicted molar refractivity (Wildman–Crippen MR) is 144 cm³/mol. The maximum Gasteiger partial charge on any atom is 0.332 e. The molecule has 182 valence electrons. The summed E-state index contributed by atoms with van der Waals surface area (Å²) in [5.41, 5.74) is 4.67. The third-order valence-corrected chi connectivity index (χ3v) is 7.45. The first kappa shape index (κ1) is 22.3. The molecule has 0 fully saturated rings. The summed E-state index contributed by atoms with van der Waals surface area (Å²) in [7, 11) is 1.70. The van der Waals surface area contributed by atoms with Gasteiger partial charge in [-0.15, -0.1) is 0 Å². The number of aromatic nitrogens is 4. The standard InChI is InChI=1S/C29H29N5O2/c1-18-15-32(23-13-12-19(2)20(3)14-23)28-30-26-25(33(28)16-18)27(35)34(29(36)31(26)4)17-22-10-7-9-21-8-5-6-11-24(21)22/h5-14,18H,15-17H2,1-4H3. The highest BCUT2D eigenvalue weighted by atomic mass is 16.2. The molecule has 0 saturated heterocycles. The first-order valence-corrected chi connectivity index (χ1v) is 12.3. The van der Waals surface area contributed by atoms with Gasteiger partial charge in [0.1, 0.15) is 0 Å². The largest absolute Gasteiger partial charge is 0.332 e. The molecule has 7 nitrogen and oxygen atoms in total. The third kappa shape index (κ3) is 3.38. The molecule has 0 saturated carbocycles. The molecule has 5 aromatic rings. The summed E-state index contributed by atoms with van der Waals surface area (Å²) >= 11 is 0. The molecule has 0 radical (unpaired) electrons. The van der Waals surface area contributed by atoms with E-state index in [2.05, 4.69) is 43.9 Å². The van der Waals surface area contributed by atoms with Crippen molar-refractivity contribution >= 4 is 33.6 Å². The molecule has 0 aliphatic carbocycles. The second-order valence-corrected chi connectivity index (χ2v) is 10.1. The van der Waals surface area contributed by atoms with Crippen LogP contribution in [0.4, 0.5) is 11.6 Å². The van der Waals surface area contributed by atoms with Crippen molar-refractivity contribution in [2.24, 2.45) is 13.0 Å². The second-order valence-electron chi connectivity index (χ2n) is 10.1. The fourth-order valence-corrected chi connectivity index (χ4v) is 5.36. The van der Waals surface area contributed by atoms with Gasteiger partial charge in [0.05, 0.1) is 6.54 Å². The van der Waals surface area contributed by atoms with Gasteiger partial charge in [-0.1, -0.05) is 55.5 Å². The minimum absolute atomic E-state index is 0.208. The lowest BCUT2D eigenvalue weighted by atomic mass is 10.0. The molecule has 1 unspecified atom stereocenters. The van der Waals surface area contributed by atoms with E-state index in [9.17, 15) is 9.59 Å². The quantitative estimate of drug-likeness (QED) is 0.382. The molecule has 1 aliphatic heterocycles. The van der Waals surface area contributed by atoms with Gasteiger partial charge in [0.2, 0.25) is 5.95 Å². The Morgan fingerprint density at radius 2 is 1.72 bits per heavy atom. The van der Waals surface area contributed by atoms with Crippen LogP contribution < -0.4 is 16.1 Å². The van der Waals surface area contributed by atoms with Crippen molar-refractivity contribution in [2.75, 3.05) is 11.4 Å². The van der Waals surface area contributed by atoms with Crippen molar-refractivity contribution in [3.63, 3.8) is 0 Å². The molecule has 7 heteroatoms. The fraction of sp³-hybridized carbons (Fsp3) is 0.276. The van der Waals surface area contributed by atoms with Gasteiger partial charge >= 0.3 is 5.69 Å². The smallest absolute Gasteiger partial charge is 0.312 e. The lowest BCUT2D eigenvalue weighted by Crippen LogP contribution is -2.40. The Morgan fingerprint density at radius 1 is 0.944 bits per heavy atom. The molecule has 36 heavy (non-hydrogen) atoms. The number of aryl methyl sites for hydroxylation is 3. The number of hydrogen-bond acceptors (Lipinski definition) is 4. The second kappa shape index (κ2) is 8.22. The maximum absolute atomic E-state index is 13.9. The number of rotatable bonds is 3.